The van der Waals surface area contributed by atoms with Gasteiger partial charge in [0.15, 0.2) is 0 Å². The van der Waals surface area contributed by atoms with Crippen molar-refractivity contribution in [3.05, 3.63) is 29.3 Å². The van der Waals surface area contributed by atoms with Crippen LogP contribution in [0.3, 0.4) is 0 Å². The number of hydrogen-bond donors (Lipinski definition) is 2. The van der Waals surface area contributed by atoms with Crippen LogP contribution >= 0.6 is 0 Å². The number of halogens is 2. The molecule has 5 heteroatoms. The summed E-state index contributed by atoms with van der Waals surface area (Å²) in [5, 5.41) is 11.8. The minimum atomic E-state index is -1.39. The van der Waals surface area contributed by atoms with Gasteiger partial charge >= 0.3 is 5.97 Å². The highest BCUT2D eigenvalue weighted by molar-refractivity contribution is 5.89. The van der Waals surface area contributed by atoms with E-state index in [1.54, 1.807) is 0 Å². The van der Waals surface area contributed by atoms with Gasteiger partial charge in [0.25, 0.3) is 0 Å². The first kappa shape index (κ1) is 12.8. The number of carboxylic acid groups (broad SMARTS) is 1. The van der Waals surface area contributed by atoms with Crippen LogP contribution in [-0.4, -0.2) is 17.1 Å². The molecule has 1 aromatic rings. The number of carboxylic acids is 1. The standard InChI is InChI=1S/C13H15F2NO2/c14-10-7-11(15)12(6-9(10)13(17)18)16-8-4-2-1-3-5-8/h6-8,16H,1-5H2,(H,17,18). The van der Waals surface area contributed by atoms with Crippen molar-refractivity contribution in [2.24, 2.45) is 0 Å². The van der Waals surface area contributed by atoms with Crippen LogP contribution < -0.4 is 5.32 Å². The lowest BCUT2D eigenvalue weighted by Crippen LogP contribution is -2.23. The van der Waals surface area contributed by atoms with Crippen molar-refractivity contribution in [2.45, 2.75) is 38.1 Å². The average Bonchev–Trinajstić information content (AvgIpc) is 2.33. The van der Waals surface area contributed by atoms with Gasteiger partial charge in [-0.2, -0.15) is 0 Å². The van der Waals surface area contributed by atoms with Crippen molar-refractivity contribution in [3.63, 3.8) is 0 Å². The van der Waals surface area contributed by atoms with E-state index in [4.69, 9.17) is 5.11 Å². The summed E-state index contributed by atoms with van der Waals surface area (Å²) in [6, 6.07) is 1.79. The maximum atomic E-state index is 13.6. The van der Waals surface area contributed by atoms with Gasteiger partial charge in [0.05, 0.1) is 11.3 Å². The Balaban J connectivity index is 2.21. The van der Waals surface area contributed by atoms with E-state index in [1.807, 2.05) is 0 Å². The van der Waals surface area contributed by atoms with Gasteiger partial charge in [-0.3, -0.25) is 0 Å². The van der Waals surface area contributed by atoms with Gasteiger partial charge in [-0.15, -0.1) is 0 Å². The minimum Gasteiger partial charge on any atom is -0.478 e. The summed E-state index contributed by atoms with van der Waals surface area (Å²) in [5.41, 5.74) is -0.435. The number of nitrogens with one attached hydrogen (secondary N) is 1. The molecule has 0 aromatic heterocycles. The third-order valence-electron chi connectivity index (χ3n) is 3.25. The zero-order valence-corrected chi connectivity index (χ0v) is 9.88. The fourth-order valence-electron chi connectivity index (χ4n) is 2.29. The molecule has 0 atom stereocenters. The van der Waals surface area contributed by atoms with Crippen LogP contribution in [0.15, 0.2) is 12.1 Å². The lowest BCUT2D eigenvalue weighted by molar-refractivity contribution is 0.0692. The van der Waals surface area contributed by atoms with Gasteiger partial charge in [0.2, 0.25) is 0 Å². The van der Waals surface area contributed by atoms with Crippen LogP contribution in [0.25, 0.3) is 0 Å². The van der Waals surface area contributed by atoms with E-state index < -0.39 is 23.2 Å². The highest BCUT2D eigenvalue weighted by atomic mass is 19.1. The normalized spacial score (nSPS) is 16.6. The number of anilines is 1. The first-order valence-electron chi connectivity index (χ1n) is 6.07. The van der Waals surface area contributed by atoms with Crippen molar-refractivity contribution in [1.29, 1.82) is 0 Å². The molecule has 0 heterocycles. The molecule has 98 valence electrons. The Hall–Kier alpha value is -1.65. The summed E-state index contributed by atoms with van der Waals surface area (Å²) in [5.74, 6) is -3.18. The molecule has 0 unspecified atom stereocenters. The lowest BCUT2D eigenvalue weighted by atomic mass is 9.95. The Bertz CT molecular complexity index is 457. The van der Waals surface area contributed by atoms with Gasteiger partial charge in [0.1, 0.15) is 11.6 Å². The van der Waals surface area contributed by atoms with E-state index in [0.717, 1.165) is 31.7 Å². The molecule has 1 fully saturated rings. The minimum absolute atomic E-state index is 0.0701. The Morgan fingerprint density at radius 2 is 1.83 bits per heavy atom. The molecule has 1 aliphatic rings. The maximum absolute atomic E-state index is 13.6. The van der Waals surface area contributed by atoms with Crippen molar-refractivity contribution in [3.8, 4) is 0 Å². The van der Waals surface area contributed by atoms with Crippen LogP contribution in [0.2, 0.25) is 0 Å². The van der Waals surface area contributed by atoms with Gasteiger partial charge in [0, 0.05) is 12.1 Å². The second-order valence-corrected chi connectivity index (χ2v) is 4.60. The summed E-state index contributed by atoms with van der Waals surface area (Å²) in [4.78, 5) is 10.8. The third-order valence-corrected chi connectivity index (χ3v) is 3.25. The summed E-state index contributed by atoms with van der Waals surface area (Å²) >= 11 is 0. The van der Waals surface area contributed by atoms with Gasteiger partial charge in [-0.1, -0.05) is 19.3 Å². The fraction of sp³-hybridized carbons (Fsp3) is 0.462. The van der Waals surface area contributed by atoms with Crippen LogP contribution in [0, 0.1) is 11.6 Å². The highest BCUT2D eigenvalue weighted by Crippen LogP contribution is 2.25. The molecular weight excluding hydrogens is 240 g/mol. The SMILES string of the molecule is O=C(O)c1cc(NC2CCCCC2)c(F)cc1F. The Kier molecular flexibility index (Phi) is 3.79. The number of rotatable bonds is 3. The fourth-order valence-corrected chi connectivity index (χ4v) is 2.29. The van der Waals surface area contributed by atoms with Crippen LogP contribution in [-0.2, 0) is 0 Å². The number of aromatic carboxylic acids is 1. The molecule has 0 spiro atoms. The van der Waals surface area contributed by atoms with Crippen molar-refractivity contribution >= 4 is 11.7 Å². The number of benzene rings is 1. The Labute approximate surface area is 104 Å². The quantitative estimate of drug-likeness (QED) is 0.870. The van der Waals surface area contributed by atoms with E-state index >= 15 is 0 Å². The maximum Gasteiger partial charge on any atom is 0.338 e. The van der Waals surface area contributed by atoms with Crippen LogP contribution in [0.4, 0.5) is 14.5 Å². The molecule has 0 amide bonds. The molecule has 0 radical (unpaired) electrons. The van der Waals surface area contributed by atoms with Gasteiger partial charge in [-0.25, -0.2) is 13.6 Å². The molecule has 1 aliphatic carbocycles. The predicted molar refractivity (Wildman–Crippen MR) is 63.8 cm³/mol. The van der Waals surface area contributed by atoms with E-state index in [9.17, 15) is 13.6 Å². The van der Waals surface area contributed by atoms with Gasteiger partial charge < -0.3 is 10.4 Å². The van der Waals surface area contributed by atoms with E-state index in [2.05, 4.69) is 5.32 Å². The molecule has 2 N–H and O–H groups in total. The van der Waals surface area contributed by atoms with Crippen LogP contribution in [0.1, 0.15) is 42.5 Å². The molecule has 1 aromatic carbocycles. The zero-order chi connectivity index (χ0) is 13.1. The molecule has 2 rings (SSSR count). The molecule has 0 bridgehead atoms. The average molecular weight is 255 g/mol. The van der Waals surface area contributed by atoms with E-state index in [-0.39, 0.29) is 11.7 Å². The van der Waals surface area contributed by atoms with Gasteiger partial charge in [-0.05, 0) is 18.9 Å². The number of hydrogen-bond acceptors (Lipinski definition) is 2. The number of carbonyl (C=O) groups is 1. The Morgan fingerprint density at radius 1 is 1.17 bits per heavy atom. The van der Waals surface area contributed by atoms with E-state index in [1.165, 1.54) is 6.42 Å². The van der Waals surface area contributed by atoms with Crippen molar-refractivity contribution in [2.75, 3.05) is 5.32 Å². The highest BCUT2D eigenvalue weighted by Gasteiger charge is 2.18. The first-order chi connectivity index (χ1) is 8.58. The van der Waals surface area contributed by atoms with Crippen molar-refractivity contribution < 1.29 is 18.7 Å². The summed E-state index contributed by atoms with van der Waals surface area (Å²) in [6.45, 7) is 0. The lowest BCUT2D eigenvalue weighted by Gasteiger charge is -2.24. The van der Waals surface area contributed by atoms with E-state index in [0.29, 0.717) is 6.07 Å². The second-order valence-electron chi connectivity index (χ2n) is 4.60. The summed E-state index contributed by atoms with van der Waals surface area (Å²) in [6.07, 6.45) is 5.18. The molecule has 0 saturated heterocycles. The van der Waals surface area contributed by atoms with Crippen molar-refractivity contribution in [1.82, 2.24) is 0 Å². The smallest absolute Gasteiger partial charge is 0.338 e. The molecular formula is C13H15F2NO2. The van der Waals surface area contributed by atoms with Crippen LogP contribution in [0.5, 0.6) is 0 Å². The Morgan fingerprint density at radius 3 is 2.44 bits per heavy atom. The second kappa shape index (κ2) is 5.33. The molecule has 18 heavy (non-hydrogen) atoms. The largest absolute Gasteiger partial charge is 0.478 e. The topological polar surface area (TPSA) is 49.3 Å². The predicted octanol–water partition coefficient (Wildman–Crippen LogP) is 3.41. The molecule has 3 nitrogen and oxygen atoms in total. The first-order valence-corrected chi connectivity index (χ1v) is 6.07. The zero-order valence-electron chi connectivity index (χ0n) is 9.88. The monoisotopic (exact) mass is 255 g/mol. The molecule has 1 saturated carbocycles. The summed E-state index contributed by atoms with van der Waals surface area (Å²) in [7, 11) is 0. The summed E-state index contributed by atoms with van der Waals surface area (Å²) < 4.78 is 26.8. The molecule has 0 aliphatic heterocycles. The third kappa shape index (κ3) is 2.78.